The summed E-state index contributed by atoms with van der Waals surface area (Å²) in [6, 6.07) is 0. The van der Waals surface area contributed by atoms with E-state index in [1.807, 2.05) is 14.0 Å². The molecule has 0 saturated heterocycles. The fraction of sp³-hybridized carbons (Fsp3) is 0.500. The van der Waals surface area contributed by atoms with Crippen molar-refractivity contribution < 1.29 is 0 Å². The van der Waals surface area contributed by atoms with Gasteiger partial charge in [-0.2, -0.15) is 0 Å². The largest absolute Gasteiger partial charge is 0.316 e. The van der Waals surface area contributed by atoms with Gasteiger partial charge in [-0.25, -0.2) is 0 Å². The van der Waals surface area contributed by atoms with E-state index in [1.165, 1.54) is 5.57 Å². The van der Waals surface area contributed by atoms with Crippen molar-refractivity contribution >= 4 is 0 Å². The van der Waals surface area contributed by atoms with E-state index >= 15 is 0 Å². The molecule has 0 aliphatic rings. The van der Waals surface area contributed by atoms with Crippen LogP contribution in [0.25, 0.3) is 0 Å². The van der Waals surface area contributed by atoms with Crippen molar-refractivity contribution in [2.24, 2.45) is 0 Å². The van der Waals surface area contributed by atoms with E-state index in [2.05, 4.69) is 24.9 Å². The summed E-state index contributed by atoms with van der Waals surface area (Å²) in [4.78, 5) is 0. The highest BCUT2D eigenvalue weighted by molar-refractivity contribution is 5.17. The number of likely N-dealkylation sites (N-methyl/N-ethyl adjacent to an activating group) is 1. The fourth-order valence-electron chi connectivity index (χ4n) is 0.751. The van der Waals surface area contributed by atoms with E-state index in [-0.39, 0.29) is 0 Å². The van der Waals surface area contributed by atoms with Crippen molar-refractivity contribution in [2.45, 2.75) is 13.8 Å². The van der Waals surface area contributed by atoms with Crippen LogP contribution in [0.2, 0.25) is 0 Å². The summed E-state index contributed by atoms with van der Waals surface area (Å²) in [7, 11) is 1.94. The molecule has 0 aliphatic carbocycles. The van der Waals surface area contributed by atoms with E-state index in [9.17, 15) is 0 Å². The Balaban J connectivity index is 3.69. The van der Waals surface area contributed by atoms with Crippen LogP contribution >= 0.6 is 0 Å². The lowest BCUT2D eigenvalue weighted by Crippen LogP contribution is -2.08. The zero-order chi connectivity index (χ0) is 7.28. The highest BCUT2D eigenvalue weighted by atomic mass is 14.8. The Bertz CT molecular complexity index is 123. The summed E-state index contributed by atoms with van der Waals surface area (Å²) in [5.41, 5.74) is 2.44. The molecule has 9 heavy (non-hydrogen) atoms. The first kappa shape index (κ1) is 8.44. The van der Waals surface area contributed by atoms with Crippen molar-refractivity contribution in [1.82, 2.24) is 5.32 Å². The second-order valence-electron chi connectivity index (χ2n) is 2.37. The molecule has 0 radical (unpaired) electrons. The zero-order valence-corrected chi connectivity index (χ0v) is 6.49. The Morgan fingerprint density at radius 1 is 1.56 bits per heavy atom. The van der Waals surface area contributed by atoms with E-state index in [0.29, 0.717) is 0 Å². The second kappa shape index (κ2) is 4.33. The monoisotopic (exact) mass is 125 g/mol. The molecule has 0 spiro atoms. The van der Waals surface area contributed by atoms with Crippen molar-refractivity contribution in [1.29, 1.82) is 0 Å². The summed E-state index contributed by atoms with van der Waals surface area (Å²) in [6.45, 7) is 8.81. The quantitative estimate of drug-likeness (QED) is 0.566. The maximum absolute atomic E-state index is 3.77. The smallest absolute Gasteiger partial charge is 0.0162 e. The Hall–Kier alpha value is -0.560. The lowest BCUT2D eigenvalue weighted by Gasteiger charge is -1.97. The third-order valence-electron chi connectivity index (χ3n) is 0.948. The first-order valence-electron chi connectivity index (χ1n) is 3.14. The fourth-order valence-corrected chi connectivity index (χ4v) is 0.751. The summed E-state index contributed by atoms with van der Waals surface area (Å²) in [6.07, 6.45) is 2.08. The molecule has 1 nitrogen and oxygen atoms in total. The predicted octanol–water partition coefficient (Wildman–Crippen LogP) is 1.73. The van der Waals surface area contributed by atoms with Gasteiger partial charge in [0, 0.05) is 6.54 Å². The van der Waals surface area contributed by atoms with Crippen LogP contribution in [0.1, 0.15) is 13.8 Å². The normalized spacial score (nSPS) is 11.7. The highest BCUT2D eigenvalue weighted by Gasteiger charge is 1.83. The number of hydrogen-bond donors (Lipinski definition) is 1. The molecule has 0 fully saturated rings. The minimum absolute atomic E-state index is 0.951. The van der Waals surface area contributed by atoms with Crippen molar-refractivity contribution in [3.8, 4) is 0 Å². The third kappa shape index (κ3) is 5.31. The van der Waals surface area contributed by atoms with Crippen LogP contribution in [-0.2, 0) is 0 Å². The molecule has 0 rings (SSSR count). The number of hydrogen-bond acceptors (Lipinski definition) is 1. The molecule has 0 heterocycles. The average molecular weight is 125 g/mol. The standard InChI is InChI=1S/C8H15N/c1-7(2)5-8(3)6-9-4/h5,9H,1,6H2,2-4H3/b8-5+. The van der Waals surface area contributed by atoms with Gasteiger partial charge in [-0.05, 0) is 20.9 Å². The Labute approximate surface area is 57.5 Å². The zero-order valence-electron chi connectivity index (χ0n) is 6.49. The van der Waals surface area contributed by atoms with Gasteiger partial charge in [-0.15, -0.1) is 0 Å². The van der Waals surface area contributed by atoms with Crippen LogP contribution in [0.3, 0.4) is 0 Å². The summed E-state index contributed by atoms with van der Waals surface area (Å²) >= 11 is 0. The summed E-state index contributed by atoms with van der Waals surface area (Å²) < 4.78 is 0. The molecule has 1 N–H and O–H groups in total. The number of nitrogens with one attached hydrogen (secondary N) is 1. The van der Waals surface area contributed by atoms with Gasteiger partial charge in [0.1, 0.15) is 0 Å². The minimum Gasteiger partial charge on any atom is -0.316 e. The topological polar surface area (TPSA) is 12.0 Å². The lowest BCUT2D eigenvalue weighted by molar-refractivity contribution is 0.879. The van der Waals surface area contributed by atoms with Gasteiger partial charge < -0.3 is 5.32 Å². The van der Waals surface area contributed by atoms with Crippen LogP contribution in [-0.4, -0.2) is 13.6 Å². The number of allylic oxidation sites excluding steroid dienone is 2. The van der Waals surface area contributed by atoms with Gasteiger partial charge in [0.25, 0.3) is 0 Å². The molecular formula is C8H15N. The molecule has 0 bridgehead atoms. The van der Waals surface area contributed by atoms with Crippen LogP contribution in [0.4, 0.5) is 0 Å². The van der Waals surface area contributed by atoms with Gasteiger partial charge in [-0.1, -0.05) is 23.8 Å². The van der Waals surface area contributed by atoms with Gasteiger partial charge in [0.2, 0.25) is 0 Å². The molecule has 0 atom stereocenters. The van der Waals surface area contributed by atoms with E-state index in [1.54, 1.807) is 0 Å². The Kier molecular flexibility index (Phi) is 4.06. The molecule has 0 amide bonds. The molecule has 0 unspecified atom stereocenters. The van der Waals surface area contributed by atoms with E-state index in [0.717, 1.165) is 12.1 Å². The molecule has 1 heteroatoms. The minimum atomic E-state index is 0.951. The summed E-state index contributed by atoms with van der Waals surface area (Å²) in [5.74, 6) is 0. The lowest BCUT2D eigenvalue weighted by atomic mass is 10.2. The van der Waals surface area contributed by atoms with Crippen LogP contribution in [0.5, 0.6) is 0 Å². The van der Waals surface area contributed by atoms with Crippen molar-refractivity contribution in [3.05, 3.63) is 23.8 Å². The third-order valence-corrected chi connectivity index (χ3v) is 0.948. The molecule has 0 saturated carbocycles. The van der Waals surface area contributed by atoms with E-state index < -0.39 is 0 Å². The van der Waals surface area contributed by atoms with Gasteiger partial charge in [0.15, 0.2) is 0 Å². The molecular weight excluding hydrogens is 110 g/mol. The van der Waals surface area contributed by atoms with Crippen LogP contribution in [0, 0.1) is 0 Å². The predicted molar refractivity (Wildman–Crippen MR) is 42.5 cm³/mol. The first-order chi connectivity index (χ1) is 4.16. The first-order valence-corrected chi connectivity index (χ1v) is 3.14. The molecule has 52 valence electrons. The van der Waals surface area contributed by atoms with Crippen molar-refractivity contribution in [3.63, 3.8) is 0 Å². The van der Waals surface area contributed by atoms with Gasteiger partial charge in [-0.3, -0.25) is 0 Å². The van der Waals surface area contributed by atoms with Gasteiger partial charge >= 0.3 is 0 Å². The SMILES string of the molecule is C=C(C)/C=C(\C)CNC. The average Bonchev–Trinajstić information content (AvgIpc) is 1.63. The Morgan fingerprint density at radius 3 is 2.44 bits per heavy atom. The molecule has 0 aliphatic heterocycles. The second-order valence-corrected chi connectivity index (χ2v) is 2.37. The van der Waals surface area contributed by atoms with Crippen molar-refractivity contribution in [2.75, 3.05) is 13.6 Å². The maximum atomic E-state index is 3.77. The summed E-state index contributed by atoms with van der Waals surface area (Å²) in [5, 5.41) is 3.06. The van der Waals surface area contributed by atoms with E-state index in [4.69, 9.17) is 0 Å². The molecule has 0 aromatic carbocycles. The molecule has 0 aromatic heterocycles. The Morgan fingerprint density at radius 2 is 2.11 bits per heavy atom. The number of rotatable bonds is 3. The van der Waals surface area contributed by atoms with Gasteiger partial charge in [0.05, 0.1) is 0 Å². The van der Waals surface area contributed by atoms with Crippen LogP contribution < -0.4 is 5.32 Å². The maximum Gasteiger partial charge on any atom is 0.0162 e. The highest BCUT2D eigenvalue weighted by Crippen LogP contribution is 1.96. The molecule has 0 aromatic rings. The van der Waals surface area contributed by atoms with Crippen LogP contribution in [0.15, 0.2) is 23.8 Å².